The molecule has 2 aromatic rings. The first-order valence-corrected chi connectivity index (χ1v) is 6.87. The molecule has 0 amide bonds. The van der Waals surface area contributed by atoms with Gasteiger partial charge in [0, 0.05) is 0 Å². The van der Waals surface area contributed by atoms with E-state index in [0.717, 1.165) is 42.7 Å². The Morgan fingerprint density at radius 3 is 2.63 bits per heavy atom. The van der Waals surface area contributed by atoms with Crippen LogP contribution in [0.3, 0.4) is 0 Å². The van der Waals surface area contributed by atoms with Gasteiger partial charge in [-0.1, -0.05) is 30.7 Å². The Bertz CT molecular complexity index is 548. The Morgan fingerprint density at radius 1 is 0.947 bits per heavy atom. The fourth-order valence-electron chi connectivity index (χ4n) is 2.61. The highest BCUT2D eigenvalue weighted by atomic mass is 16.5. The Labute approximate surface area is 113 Å². The molecule has 1 aliphatic carbocycles. The minimum atomic E-state index is -0.350. The van der Waals surface area contributed by atoms with E-state index in [4.69, 9.17) is 4.74 Å². The smallest absolute Gasteiger partial charge is 0.127 e. The largest absolute Gasteiger partial charge is 0.457 e. The van der Waals surface area contributed by atoms with Crippen LogP contribution in [0.5, 0.6) is 11.5 Å². The van der Waals surface area contributed by atoms with Gasteiger partial charge in [-0.3, -0.25) is 0 Å². The number of hydrogen-bond acceptors (Lipinski definition) is 2. The molecule has 0 saturated carbocycles. The van der Waals surface area contributed by atoms with E-state index in [0.29, 0.717) is 0 Å². The van der Waals surface area contributed by atoms with Gasteiger partial charge in [0.15, 0.2) is 0 Å². The highest BCUT2D eigenvalue weighted by molar-refractivity contribution is 5.40. The molecular formula is C17H18O2. The first-order valence-electron chi connectivity index (χ1n) is 6.87. The number of rotatable bonds is 2. The van der Waals surface area contributed by atoms with Gasteiger partial charge in [-0.05, 0) is 54.7 Å². The third-order valence-corrected chi connectivity index (χ3v) is 3.63. The Morgan fingerprint density at radius 2 is 1.79 bits per heavy atom. The topological polar surface area (TPSA) is 29.5 Å². The molecule has 2 heteroatoms. The summed E-state index contributed by atoms with van der Waals surface area (Å²) in [6.45, 7) is 0. The number of fused-ring (bicyclic) bond motifs is 1. The quantitative estimate of drug-likeness (QED) is 0.812. The van der Waals surface area contributed by atoms with E-state index < -0.39 is 0 Å². The summed E-state index contributed by atoms with van der Waals surface area (Å²) in [5.41, 5.74) is 2.29. The predicted molar refractivity (Wildman–Crippen MR) is 75.5 cm³/mol. The van der Waals surface area contributed by atoms with Crippen molar-refractivity contribution in [1.82, 2.24) is 0 Å². The Hall–Kier alpha value is -1.80. The van der Waals surface area contributed by atoms with E-state index in [1.165, 1.54) is 5.56 Å². The summed E-state index contributed by atoms with van der Waals surface area (Å²) in [5, 5.41) is 10.2. The Balaban J connectivity index is 1.88. The van der Waals surface area contributed by atoms with Gasteiger partial charge >= 0.3 is 0 Å². The van der Waals surface area contributed by atoms with Crippen molar-refractivity contribution >= 4 is 0 Å². The van der Waals surface area contributed by atoms with E-state index in [-0.39, 0.29) is 6.10 Å². The number of aliphatic hydroxyl groups excluding tert-OH is 1. The van der Waals surface area contributed by atoms with E-state index in [1.54, 1.807) is 0 Å². The highest BCUT2D eigenvalue weighted by Crippen LogP contribution is 2.32. The molecule has 1 aliphatic rings. The van der Waals surface area contributed by atoms with Crippen LogP contribution in [0, 0.1) is 0 Å². The highest BCUT2D eigenvalue weighted by Gasteiger charge is 2.17. The van der Waals surface area contributed by atoms with Crippen LogP contribution in [-0.2, 0) is 6.42 Å². The summed E-state index contributed by atoms with van der Waals surface area (Å²) in [4.78, 5) is 0. The average molecular weight is 254 g/mol. The zero-order valence-electron chi connectivity index (χ0n) is 10.9. The van der Waals surface area contributed by atoms with E-state index in [1.807, 2.05) is 42.5 Å². The van der Waals surface area contributed by atoms with Gasteiger partial charge in [-0.15, -0.1) is 0 Å². The van der Waals surface area contributed by atoms with Gasteiger partial charge in [0.1, 0.15) is 11.5 Å². The van der Waals surface area contributed by atoms with Crippen LogP contribution in [0.25, 0.3) is 0 Å². The van der Waals surface area contributed by atoms with Crippen molar-refractivity contribution in [2.24, 2.45) is 0 Å². The molecule has 0 spiro atoms. The van der Waals surface area contributed by atoms with E-state index in [2.05, 4.69) is 6.07 Å². The number of benzene rings is 2. The molecular weight excluding hydrogens is 236 g/mol. The summed E-state index contributed by atoms with van der Waals surface area (Å²) in [6, 6.07) is 15.8. The van der Waals surface area contributed by atoms with Crippen molar-refractivity contribution in [3.8, 4) is 11.5 Å². The van der Waals surface area contributed by atoms with E-state index >= 15 is 0 Å². The van der Waals surface area contributed by atoms with Crippen LogP contribution < -0.4 is 4.74 Å². The second kappa shape index (κ2) is 5.45. The van der Waals surface area contributed by atoms with Crippen LogP contribution in [-0.4, -0.2) is 5.11 Å². The molecule has 0 radical (unpaired) electrons. The third-order valence-electron chi connectivity index (χ3n) is 3.63. The summed E-state index contributed by atoms with van der Waals surface area (Å²) < 4.78 is 5.82. The molecule has 0 saturated heterocycles. The minimum absolute atomic E-state index is 0.350. The molecule has 1 atom stereocenters. The molecule has 2 nitrogen and oxygen atoms in total. The zero-order chi connectivity index (χ0) is 13.1. The lowest BCUT2D eigenvalue weighted by Gasteiger charge is -2.14. The van der Waals surface area contributed by atoms with Crippen molar-refractivity contribution < 1.29 is 9.84 Å². The maximum Gasteiger partial charge on any atom is 0.127 e. The number of ether oxygens (including phenoxy) is 1. The Kier molecular flexibility index (Phi) is 3.51. The van der Waals surface area contributed by atoms with Crippen molar-refractivity contribution in [2.45, 2.75) is 31.8 Å². The molecule has 98 valence electrons. The monoisotopic (exact) mass is 254 g/mol. The molecule has 1 N–H and O–H groups in total. The minimum Gasteiger partial charge on any atom is -0.457 e. The molecule has 0 aromatic heterocycles. The predicted octanol–water partition coefficient (Wildman–Crippen LogP) is 4.24. The first kappa shape index (κ1) is 12.2. The number of aryl methyl sites for hydroxylation is 1. The van der Waals surface area contributed by atoms with Gasteiger partial charge < -0.3 is 9.84 Å². The summed E-state index contributed by atoms with van der Waals surface area (Å²) in [6.07, 6.45) is 3.80. The van der Waals surface area contributed by atoms with Gasteiger partial charge in [-0.25, -0.2) is 0 Å². The summed E-state index contributed by atoms with van der Waals surface area (Å²) >= 11 is 0. The van der Waals surface area contributed by atoms with Crippen LogP contribution in [0.1, 0.15) is 36.5 Å². The lowest BCUT2D eigenvalue weighted by atomic mass is 10.0. The second-order valence-corrected chi connectivity index (χ2v) is 5.04. The lowest BCUT2D eigenvalue weighted by Crippen LogP contribution is -1.99. The van der Waals surface area contributed by atoms with Crippen molar-refractivity contribution in [1.29, 1.82) is 0 Å². The van der Waals surface area contributed by atoms with Crippen molar-refractivity contribution in [2.75, 3.05) is 0 Å². The molecule has 0 unspecified atom stereocenters. The van der Waals surface area contributed by atoms with Gasteiger partial charge in [0.05, 0.1) is 6.10 Å². The lowest BCUT2D eigenvalue weighted by molar-refractivity contribution is 0.166. The summed E-state index contributed by atoms with van der Waals surface area (Å²) in [5.74, 6) is 1.62. The molecule has 0 fully saturated rings. The van der Waals surface area contributed by atoms with Gasteiger partial charge in [0.25, 0.3) is 0 Å². The summed E-state index contributed by atoms with van der Waals surface area (Å²) in [7, 11) is 0. The first-order chi connectivity index (χ1) is 9.33. The molecule has 0 heterocycles. The fourth-order valence-corrected chi connectivity index (χ4v) is 2.61. The number of para-hydroxylation sites is 1. The third kappa shape index (κ3) is 2.79. The van der Waals surface area contributed by atoms with Crippen molar-refractivity contribution in [3.05, 3.63) is 59.7 Å². The fraction of sp³-hybridized carbons (Fsp3) is 0.294. The maximum atomic E-state index is 10.2. The molecule has 0 aliphatic heterocycles. The molecule has 2 aromatic carbocycles. The van der Waals surface area contributed by atoms with E-state index in [9.17, 15) is 5.11 Å². The van der Waals surface area contributed by atoms with Crippen LogP contribution in [0.4, 0.5) is 0 Å². The molecule has 0 bridgehead atoms. The number of hydrogen-bond donors (Lipinski definition) is 1. The van der Waals surface area contributed by atoms with Gasteiger partial charge in [-0.2, -0.15) is 0 Å². The standard InChI is InChI=1S/C17H18O2/c18-17-9-5-4-6-13-10-11-15(12-16(13)17)19-14-7-2-1-3-8-14/h1-3,7-8,10-12,17-18H,4-6,9H2/t17-/m1/s1. The average Bonchev–Trinajstić information content (AvgIpc) is 2.62. The normalized spacial score (nSPS) is 18.5. The van der Waals surface area contributed by atoms with Crippen LogP contribution >= 0.6 is 0 Å². The van der Waals surface area contributed by atoms with Gasteiger partial charge in [0.2, 0.25) is 0 Å². The number of aliphatic hydroxyl groups is 1. The van der Waals surface area contributed by atoms with Crippen LogP contribution in [0.15, 0.2) is 48.5 Å². The molecule has 19 heavy (non-hydrogen) atoms. The van der Waals surface area contributed by atoms with Crippen LogP contribution in [0.2, 0.25) is 0 Å². The molecule has 3 rings (SSSR count). The van der Waals surface area contributed by atoms with Crippen molar-refractivity contribution in [3.63, 3.8) is 0 Å². The second-order valence-electron chi connectivity index (χ2n) is 5.04. The zero-order valence-corrected chi connectivity index (χ0v) is 10.9. The SMILES string of the molecule is O[C@@H]1CCCCc2ccc(Oc3ccccc3)cc21. The maximum absolute atomic E-state index is 10.2.